The Morgan fingerprint density at radius 1 is 1.29 bits per heavy atom. The van der Waals surface area contributed by atoms with E-state index in [1.165, 1.54) is 0 Å². The molecule has 0 radical (unpaired) electrons. The number of rotatable bonds is 7. The van der Waals surface area contributed by atoms with Crippen LogP contribution in [0.1, 0.15) is 36.5 Å². The van der Waals surface area contributed by atoms with Gasteiger partial charge in [-0.1, -0.05) is 37.6 Å². The first kappa shape index (κ1) is 18.0. The molecular formula is C20H26N2O2. The highest BCUT2D eigenvalue weighted by Crippen LogP contribution is 2.23. The molecule has 1 aromatic heterocycles. The summed E-state index contributed by atoms with van der Waals surface area (Å²) in [4.78, 5) is 16.6. The molecule has 24 heavy (non-hydrogen) atoms. The summed E-state index contributed by atoms with van der Waals surface area (Å²) in [6.45, 7) is 6.94. The number of pyridine rings is 1. The highest BCUT2D eigenvalue weighted by Gasteiger charge is 2.17. The second-order valence-electron chi connectivity index (χ2n) is 6.43. The van der Waals surface area contributed by atoms with Gasteiger partial charge in [0.1, 0.15) is 5.75 Å². The molecule has 128 valence electrons. The van der Waals surface area contributed by atoms with Crippen molar-refractivity contribution in [2.75, 3.05) is 13.7 Å². The van der Waals surface area contributed by atoms with Crippen LogP contribution in [0.2, 0.25) is 0 Å². The molecule has 1 aromatic carbocycles. The van der Waals surface area contributed by atoms with Gasteiger partial charge in [-0.15, -0.1) is 0 Å². The van der Waals surface area contributed by atoms with E-state index in [4.69, 9.17) is 4.74 Å². The Hall–Kier alpha value is -2.36. The van der Waals surface area contributed by atoms with Gasteiger partial charge in [0.15, 0.2) is 0 Å². The maximum atomic E-state index is 12.4. The van der Waals surface area contributed by atoms with Gasteiger partial charge >= 0.3 is 0 Å². The molecule has 1 amide bonds. The largest absolute Gasteiger partial charge is 0.496 e. The van der Waals surface area contributed by atoms with Crippen LogP contribution in [0.5, 0.6) is 5.75 Å². The summed E-state index contributed by atoms with van der Waals surface area (Å²) in [7, 11) is 1.63. The lowest BCUT2D eigenvalue weighted by Crippen LogP contribution is -2.31. The lowest BCUT2D eigenvalue weighted by atomic mass is 9.89. The lowest BCUT2D eigenvalue weighted by molar-refractivity contribution is -0.120. The Bertz CT molecular complexity index is 669. The second kappa shape index (κ2) is 8.48. The smallest absolute Gasteiger partial charge is 0.224 e. The number of aromatic nitrogens is 1. The third-order valence-corrected chi connectivity index (χ3v) is 4.22. The minimum absolute atomic E-state index is 0.00782. The Balaban J connectivity index is 2.00. The first-order valence-electron chi connectivity index (χ1n) is 8.31. The van der Waals surface area contributed by atoms with Crippen molar-refractivity contribution in [3.05, 3.63) is 59.4 Å². The van der Waals surface area contributed by atoms with Gasteiger partial charge in [-0.25, -0.2) is 0 Å². The summed E-state index contributed by atoms with van der Waals surface area (Å²) < 4.78 is 5.35. The molecule has 4 heteroatoms. The number of nitrogens with one attached hydrogen (secondary N) is 1. The molecule has 0 saturated carbocycles. The molecule has 0 bridgehead atoms. The zero-order valence-electron chi connectivity index (χ0n) is 14.9. The molecular weight excluding hydrogens is 300 g/mol. The molecule has 2 rings (SSSR count). The van der Waals surface area contributed by atoms with E-state index < -0.39 is 0 Å². The summed E-state index contributed by atoms with van der Waals surface area (Å²) in [6, 6.07) is 9.89. The van der Waals surface area contributed by atoms with E-state index in [2.05, 4.69) is 30.2 Å². The van der Waals surface area contributed by atoms with Crippen LogP contribution < -0.4 is 10.1 Å². The van der Waals surface area contributed by atoms with Gasteiger partial charge in [-0.3, -0.25) is 9.78 Å². The second-order valence-corrected chi connectivity index (χ2v) is 6.43. The number of ether oxygens (including phenoxy) is 1. The fraction of sp³-hybridized carbons (Fsp3) is 0.400. The quantitative estimate of drug-likeness (QED) is 0.847. The van der Waals surface area contributed by atoms with Crippen molar-refractivity contribution in [3.63, 3.8) is 0 Å². The van der Waals surface area contributed by atoms with Gasteiger partial charge in [0, 0.05) is 30.4 Å². The fourth-order valence-electron chi connectivity index (χ4n) is 2.84. The average molecular weight is 326 g/mol. The normalized spacial score (nSPS) is 12.0. The minimum Gasteiger partial charge on any atom is -0.496 e. The van der Waals surface area contributed by atoms with Gasteiger partial charge < -0.3 is 10.1 Å². The zero-order chi connectivity index (χ0) is 17.5. The first-order chi connectivity index (χ1) is 11.5. The van der Waals surface area contributed by atoms with Crippen molar-refractivity contribution in [2.45, 2.75) is 33.1 Å². The highest BCUT2D eigenvalue weighted by molar-refractivity contribution is 5.79. The predicted molar refractivity (Wildman–Crippen MR) is 96.3 cm³/mol. The number of nitrogens with zero attached hydrogens (tertiary/aromatic N) is 1. The Kier molecular flexibility index (Phi) is 6.36. The minimum atomic E-state index is 0.00782. The molecule has 0 unspecified atom stereocenters. The summed E-state index contributed by atoms with van der Waals surface area (Å²) in [6.07, 6.45) is 3.96. The Morgan fingerprint density at radius 2 is 2.08 bits per heavy atom. The van der Waals surface area contributed by atoms with Crippen molar-refractivity contribution in [2.24, 2.45) is 5.92 Å². The topological polar surface area (TPSA) is 51.2 Å². The van der Waals surface area contributed by atoms with Crippen LogP contribution in [-0.4, -0.2) is 24.5 Å². The Morgan fingerprint density at radius 3 is 2.71 bits per heavy atom. The lowest BCUT2D eigenvalue weighted by Gasteiger charge is -2.21. The number of methoxy groups -OCH3 is 1. The van der Waals surface area contributed by atoms with Gasteiger partial charge in [0.05, 0.1) is 13.5 Å². The van der Waals surface area contributed by atoms with E-state index in [0.717, 1.165) is 22.4 Å². The van der Waals surface area contributed by atoms with Crippen LogP contribution >= 0.6 is 0 Å². The monoisotopic (exact) mass is 326 g/mol. The maximum Gasteiger partial charge on any atom is 0.224 e. The molecule has 0 fully saturated rings. The molecule has 2 aromatic rings. The first-order valence-corrected chi connectivity index (χ1v) is 8.31. The molecule has 0 spiro atoms. The van der Waals surface area contributed by atoms with Crippen LogP contribution in [0.25, 0.3) is 0 Å². The number of benzene rings is 1. The molecule has 1 heterocycles. The molecule has 0 aliphatic heterocycles. The fourth-order valence-corrected chi connectivity index (χ4v) is 2.84. The van der Waals surface area contributed by atoms with E-state index in [1.54, 1.807) is 13.3 Å². The summed E-state index contributed by atoms with van der Waals surface area (Å²) >= 11 is 0. The van der Waals surface area contributed by atoms with E-state index >= 15 is 0 Å². The van der Waals surface area contributed by atoms with Crippen LogP contribution in [0.3, 0.4) is 0 Å². The van der Waals surface area contributed by atoms with Crippen molar-refractivity contribution in [3.8, 4) is 5.75 Å². The standard InChI is InChI=1S/C20H26N2O2/c1-14(2)18(16-6-5-9-21-12-16)13-22-20(23)11-17-10-15(3)7-8-19(17)24-4/h5-10,12,14,18H,11,13H2,1-4H3,(H,22,23)/t18-/m0/s1. The molecule has 0 aliphatic carbocycles. The van der Waals surface area contributed by atoms with Crippen molar-refractivity contribution in [1.29, 1.82) is 0 Å². The summed E-state index contributed by atoms with van der Waals surface area (Å²) in [5.74, 6) is 1.43. The number of carbonyl (C=O) groups is 1. The molecule has 1 N–H and O–H groups in total. The third kappa shape index (κ3) is 4.82. The van der Waals surface area contributed by atoms with Gasteiger partial charge in [-0.05, 0) is 30.5 Å². The van der Waals surface area contributed by atoms with Crippen molar-refractivity contribution >= 4 is 5.91 Å². The van der Waals surface area contributed by atoms with Crippen LogP contribution in [0, 0.1) is 12.8 Å². The number of carbonyl (C=O) groups excluding carboxylic acids is 1. The average Bonchev–Trinajstić information content (AvgIpc) is 2.56. The third-order valence-electron chi connectivity index (χ3n) is 4.22. The summed E-state index contributed by atoms with van der Waals surface area (Å²) in [5.41, 5.74) is 3.19. The predicted octanol–water partition coefficient (Wildman–Crippen LogP) is 3.50. The number of amides is 1. The number of hydrogen-bond acceptors (Lipinski definition) is 3. The van der Waals surface area contributed by atoms with Crippen LogP contribution in [0.4, 0.5) is 0 Å². The van der Waals surface area contributed by atoms with E-state index in [-0.39, 0.29) is 11.8 Å². The van der Waals surface area contributed by atoms with E-state index in [0.29, 0.717) is 18.9 Å². The van der Waals surface area contributed by atoms with E-state index in [9.17, 15) is 4.79 Å². The number of hydrogen-bond donors (Lipinski definition) is 1. The Labute approximate surface area is 144 Å². The number of aryl methyl sites for hydroxylation is 1. The maximum absolute atomic E-state index is 12.4. The summed E-state index contributed by atoms with van der Waals surface area (Å²) in [5, 5.41) is 3.06. The molecule has 4 nitrogen and oxygen atoms in total. The molecule has 1 atom stereocenters. The van der Waals surface area contributed by atoms with Gasteiger partial charge in [-0.2, -0.15) is 0 Å². The zero-order valence-corrected chi connectivity index (χ0v) is 14.9. The van der Waals surface area contributed by atoms with Gasteiger partial charge in [0.25, 0.3) is 0 Å². The molecule has 0 saturated heterocycles. The van der Waals surface area contributed by atoms with Crippen molar-refractivity contribution < 1.29 is 9.53 Å². The van der Waals surface area contributed by atoms with Crippen LogP contribution in [-0.2, 0) is 11.2 Å². The van der Waals surface area contributed by atoms with Crippen molar-refractivity contribution in [1.82, 2.24) is 10.3 Å². The molecule has 0 aliphatic rings. The van der Waals surface area contributed by atoms with E-state index in [1.807, 2.05) is 37.4 Å². The highest BCUT2D eigenvalue weighted by atomic mass is 16.5. The van der Waals surface area contributed by atoms with Crippen LogP contribution in [0.15, 0.2) is 42.7 Å². The van der Waals surface area contributed by atoms with Gasteiger partial charge in [0.2, 0.25) is 5.91 Å². The SMILES string of the molecule is COc1ccc(C)cc1CC(=O)NC[C@H](c1cccnc1)C(C)C.